The predicted molar refractivity (Wildman–Crippen MR) is 110 cm³/mol. The topological polar surface area (TPSA) is 69.4 Å². The van der Waals surface area contributed by atoms with Crippen LogP contribution >= 0.6 is 34.5 Å². The molecule has 1 atom stereocenters. The highest BCUT2D eigenvalue weighted by molar-refractivity contribution is 7.19. The lowest BCUT2D eigenvalue weighted by Gasteiger charge is -2.11. The minimum Gasteiger partial charge on any atom is -0.469 e. The lowest BCUT2D eigenvalue weighted by molar-refractivity contribution is -0.141. The van der Waals surface area contributed by atoms with Gasteiger partial charge in [0.1, 0.15) is 16.9 Å². The van der Waals surface area contributed by atoms with Crippen molar-refractivity contribution in [3.8, 4) is 5.00 Å². The number of carbonyl (C=O) groups is 1. The van der Waals surface area contributed by atoms with E-state index in [9.17, 15) is 4.79 Å². The Morgan fingerprint density at radius 1 is 1.21 bits per heavy atom. The van der Waals surface area contributed by atoms with Gasteiger partial charge in [-0.2, -0.15) is 0 Å². The van der Waals surface area contributed by atoms with E-state index in [2.05, 4.69) is 10.2 Å². The highest BCUT2D eigenvalue weighted by Gasteiger charge is 2.32. The molecule has 1 aliphatic rings. The summed E-state index contributed by atoms with van der Waals surface area (Å²) in [6.45, 7) is 3.83. The van der Waals surface area contributed by atoms with E-state index in [1.807, 2.05) is 42.7 Å². The zero-order valence-electron chi connectivity index (χ0n) is 15.4. The van der Waals surface area contributed by atoms with Crippen molar-refractivity contribution >= 4 is 46.2 Å². The van der Waals surface area contributed by atoms with Gasteiger partial charge in [0, 0.05) is 16.1 Å². The number of hydrogen-bond acceptors (Lipinski definition) is 6. The number of nitrogens with zero attached hydrogens (tertiary/aromatic N) is 4. The lowest BCUT2D eigenvalue weighted by Crippen LogP contribution is -2.12. The van der Waals surface area contributed by atoms with Crippen LogP contribution in [-0.2, 0) is 9.53 Å². The molecular formula is C19H16Cl2N4O2S. The van der Waals surface area contributed by atoms with Gasteiger partial charge < -0.3 is 4.74 Å². The summed E-state index contributed by atoms with van der Waals surface area (Å²) in [6, 6.07) is 6.91. The average Bonchev–Trinajstić information content (AvgIpc) is 3.15. The number of halogens is 2. The third kappa shape index (κ3) is 3.13. The first-order chi connectivity index (χ1) is 13.4. The van der Waals surface area contributed by atoms with Crippen LogP contribution in [0, 0.1) is 13.8 Å². The maximum absolute atomic E-state index is 12.0. The van der Waals surface area contributed by atoms with Crippen molar-refractivity contribution in [1.82, 2.24) is 14.8 Å². The average molecular weight is 435 g/mol. The van der Waals surface area contributed by atoms with Gasteiger partial charge in [-0.3, -0.25) is 14.4 Å². The van der Waals surface area contributed by atoms with E-state index < -0.39 is 6.04 Å². The van der Waals surface area contributed by atoms with E-state index in [1.165, 1.54) is 18.4 Å². The number of esters is 1. The molecule has 0 saturated heterocycles. The monoisotopic (exact) mass is 434 g/mol. The van der Waals surface area contributed by atoms with Gasteiger partial charge >= 0.3 is 5.97 Å². The molecule has 3 heterocycles. The SMILES string of the molecule is COC(=O)CC1N=C(c2ccc(Cl)cc2)c2c(sc(Cl)c2C)-n2c(C)nnc21. The molecule has 0 bridgehead atoms. The van der Waals surface area contributed by atoms with Crippen LogP contribution in [0.25, 0.3) is 5.00 Å². The molecule has 0 fully saturated rings. The first-order valence-corrected chi connectivity index (χ1v) is 10.1. The zero-order chi connectivity index (χ0) is 20.0. The standard InChI is InChI=1S/C19H16Cl2N4O2S/c1-9-15-16(11-4-6-12(20)7-5-11)22-13(8-14(26)27-3)18-24-23-10(2)25(18)19(15)28-17(9)21/h4-7,13H,8H2,1-3H3. The number of ether oxygens (including phenoxy) is 1. The number of methoxy groups -OCH3 is 1. The highest BCUT2D eigenvalue weighted by atomic mass is 35.5. The minimum atomic E-state index is -0.530. The summed E-state index contributed by atoms with van der Waals surface area (Å²) >= 11 is 14.0. The number of carbonyl (C=O) groups excluding carboxylic acids is 1. The van der Waals surface area contributed by atoms with E-state index in [0.29, 0.717) is 21.0 Å². The fourth-order valence-corrected chi connectivity index (χ4v) is 4.77. The van der Waals surface area contributed by atoms with Crippen molar-refractivity contribution in [1.29, 1.82) is 0 Å². The van der Waals surface area contributed by atoms with Gasteiger partial charge in [-0.05, 0) is 31.5 Å². The minimum absolute atomic E-state index is 0.0629. The molecule has 0 saturated carbocycles. The van der Waals surface area contributed by atoms with Crippen LogP contribution in [0.5, 0.6) is 0 Å². The lowest BCUT2D eigenvalue weighted by atomic mass is 10.0. The van der Waals surface area contributed by atoms with Gasteiger partial charge in [0.25, 0.3) is 0 Å². The molecule has 3 aromatic rings. The van der Waals surface area contributed by atoms with E-state index in [-0.39, 0.29) is 12.4 Å². The van der Waals surface area contributed by atoms with Crippen LogP contribution in [-0.4, -0.2) is 33.6 Å². The molecule has 0 radical (unpaired) electrons. The van der Waals surface area contributed by atoms with Crippen LogP contribution in [0.3, 0.4) is 0 Å². The molecule has 0 N–H and O–H groups in total. The molecule has 2 aromatic heterocycles. The summed E-state index contributed by atoms with van der Waals surface area (Å²) in [5.74, 6) is 0.930. The summed E-state index contributed by atoms with van der Waals surface area (Å²) in [7, 11) is 1.36. The molecule has 9 heteroatoms. The zero-order valence-corrected chi connectivity index (χ0v) is 17.7. The molecule has 0 aliphatic carbocycles. The fourth-order valence-electron chi connectivity index (χ4n) is 3.24. The number of rotatable bonds is 3. The van der Waals surface area contributed by atoms with E-state index >= 15 is 0 Å². The molecule has 1 aromatic carbocycles. The van der Waals surface area contributed by atoms with Crippen LogP contribution < -0.4 is 0 Å². The highest BCUT2D eigenvalue weighted by Crippen LogP contribution is 2.41. The second-order valence-corrected chi connectivity index (χ2v) is 8.44. The summed E-state index contributed by atoms with van der Waals surface area (Å²) < 4.78 is 7.48. The Labute approximate surface area is 175 Å². The maximum Gasteiger partial charge on any atom is 0.308 e. The number of thiophene rings is 1. The van der Waals surface area contributed by atoms with Crippen LogP contribution in [0.4, 0.5) is 0 Å². The Hall–Kier alpha value is -2.22. The molecule has 28 heavy (non-hydrogen) atoms. The van der Waals surface area contributed by atoms with Gasteiger partial charge in [0.15, 0.2) is 5.82 Å². The largest absolute Gasteiger partial charge is 0.469 e. The number of aryl methyl sites for hydroxylation is 1. The smallest absolute Gasteiger partial charge is 0.308 e. The van der Waals surface area contributed by atoms with Crippen molar-refractivity contribution in [2.75, 3.05) is 7.11 Å². The van der Waals surface area contributed by atoms with E-state index in [4.69, 9.17) is 32.9 Å². The normalized spacial score (nSPS) is 15.5. The Morgan fingerprint density at radius 2 is 1.93 bits per heavy atom. The molecule has 4 rings (SSSR count). The van der Waals surface area contributed by atoms with Crippen LogP contribution in [0.15, 0.2) is 29.3 Å². The van der Waals surface area contributed by atoms with Crippen molar-refractivity contribution in [2.45, 2.75) is 26.3 Å². The summed E-state index contributed by atoms with van der Waals surface area (Å²) in [4.78, 5) is 17.0. The summed E-state index contributed by atoms with van der Waals surface area (Å²) in [5.41, 5.74) is 3.46. The van der Waals surface area contributed by atoms with Crippen LogP contribution in [0.2, 0.25) is 9.36 Å². The molecule has 0 amide bonds. The number of aliphatic imine (C=N–C) groups is 1. The number of hydrogen-bond donors (Lipinski definition) is 0. The Morgan fingerprint density at radius 3 is 2.61 bits per heavy atom. The van der Waals surface area contributed by atoms with E-state index in [1.54, 1.807) is 0 Å². The fraction of sp³-hybridized carbons (Fsp3) is 0.263. The Bertz CT molecular complexity index is 1100. The molecular weight excluding hydrogens is 419 g/mol. The third-order valence-corrected chi connectivity index (χ3v) is 6.48. The molecule has 1 aliphatic heterocycles. The van der Waals surface area contributed by atoms with E-state index in [0.717, 1.165) is 27.4 Å². The Balaban J connectivity index is 2.01. The molecule has 1 unspecified atom stereocenters. The first-order valence-electron chi connectivity index (χ1n) is 8.52. The number of fused-ring (bicyclic) bond motifs is 3. The second kappa shape index (κ2) is 7.31. The van der Waals surface area contributed by atoms with Gasteiger partial charge in [0.05, 0.1) is 23.6 Å². The summed E-state index contributed by atoms with van der Waals surface area (Å²) in [6.07, 6.45) is 0.0629. The van der Waals surface area contributed by atoms with Gasteiger partial charge in [-0.15, -0.1) is 21.5 Å². The molecule has 144 valence electrons. The maximum atomic E-state index is 12.0. The quantitative estimate of drug-likeness (QED) is 0.559. The van der Waals surface area contributed by atoms with Crippen LogP contribution in [0.1, 0.15) is 40.8 Å². The molecule has 0 spiro atoms. The van der Waals surface area contributed by atoms with Gasteiger partial charge in [-0.25, -0.2) is 0 Å². The Kier molecular flexibility index (Phi) is 4.99. The van der Waals surface area contributed by atoms with Gasteiger partial charge in [-0.1, -0.05) is 35.3 Å². The van der Waals surface area contributed by atoms with Crippen molar-refractivity contribution in [2.24, 2.45) is 4.99 Å². The second-order valence-electron chi connectivity index (χ2n) is 6.40. The summed E-state index contributed by atoms with van der Waals surface area (Å²) in [5, 5.41) is 10.0. The molecule has 6 nitrogen and oxygen atoms in total. The van der Waals surface area contributed by atoms with Crippen molar-refractivity contribution < 1.29 is 9.53 Å². The first kappa shape index (κ1) is 19.1. The van der Waals surface area contributed by atoms with Crippen molar-refractivity contribution in [3.05, 3.63) is 62.0 Å². The van der Waals surface area contributed by atoms with Gasteiger partial charge in [0.2, 0.25) is 0 Å². The number of benzene rings is 1. The third-order valence-electron chi connectivity index (χ3n) is 4.65. The number of aromatic nitrogens is 3. The predicted octanol–water partition coefficient (Wildman–Crippen LogP) is 4.71. The van der Waals surface area contributed by atoms with Crippen molar-refractivity contribution in [3.63, 3.8) is 0 Å².